The van der Waals surface area contributed by atoms with Crippen molar-refractivity contribution in [1.29, 1.82) is 0 Å². The summed E-state index contributed by atoms with van der Waals surface area (Å²) >= 11 is 0. The van der Waals surface area contributed by atoms with Crippen LogP contribution in [0.25, 0.3) is 0 Å². The van der Waals surface area contributed by atoms with Gasteiger partial charge in [-0.2, -0.15) is 0 Å². The molecule has 4 aliphatic rings. The fraction of sp³-hybridized carbons (Fsp3) is 0.895. The Hall–Kier alpha value is -1.10. The summed E-state index contributed by atoms with van der Waals surface area (Å²) in [5, 5.41) is 3.09. The largest absolute Gasteiger partial charge is 0.353 e. The highest BCUT2D eigenvalue weighted by molar-refractivity contribution is 5.90. The van der Waals surface area contributed by atoms with Crippen molar-refractivity contribution in [3.63, 3.8) is 0 Å². The molecule has 0 unspecified atom stereocenters. The van der Waals surface area contributed by atoms with E-state index < -0.39 is 11.8 Å². The van der Waals surface area contributed by atoms with Gasteiger partial charge in [0.1, 0.15) is 11.8 Å². The zero-order valence-corrected chi connectivity index (χ0v) is 14.8. The van der Waals surface area contributed by atoms with E-state index in [2.05, 4.69) is 12.2 Å². The summed E-state index contributed by atoms with van der Waals surface area (Å²) in [5.74, 6) is 0.814. The molecule has 5 nitrogen and oxygen atoms in total. The first-order chi connectivity index (χ1) is 11.6. The number of rotatable bonds is 3. The molecule has 4 fully saturated rings. The Bertz CT molecular complexity index is 513. The van der Waals surface area contributed by atoms with E-state index in [1.807, 2.05) is 4.90 Å². The molecule has 3 saturated carbocycles. The topological polar surface area (TPSA) is 58.6 Å². The normalized spacial score (nSPS) is 37.1. The Kier molecular flexibility index (Phi) is 4.31. The van der Waals surface area contributed by atoms with Crippen molar-refractivity contribution in [3.8, 4) is 0 Å². The van der Waals surface area contributed by atoms with Gasteiger partial charge in [0.05, 0.1) is 6.61 Å². The van der Waals surface area contributed by atoms with Crippen LogP contribution in [0.4, 0.5) is 0 Å². The molecule has 134 valence electrons. The summed E-state index contributed by atoms with van der Waals surface area (Å²) < 4.78 is 6.23. The molecule has 0 aromatic heterocycles. The van der Waals surface area contributed by atoms with Crippen LogP contribution in [-0.4, -0.2) is 41.1 Å². The molecule has 0 aromatic rings. The van der Waals surface area contributed by atoms with Gasteiger partial charge in [-0.3, -0.25) is 14.5 Å². The average Bonchev–Trinajstić information content (AvgIpc) is 3.08. The summed E-state index contributed by atoms with van der Waals surface area (Å²) in [7, 11) is 0. The molecule has 2 amide bonds. The zero-order valence-electron chi connectivity index (χ0n) is 14.8. The smallest absolute Gasteiger partial charge is 0.245 e. The van der Waals surface area contributed by atoms with Crippen LogP contribution in [0.5, 0.6) is 0 Å². The molecule has 1 aliphatic heterocycles. The summed E-state index contributed by atoms with van der Waals surface area (Å²) in [4.78, 5) is 28.0. The number of carbonyl (C=O) groups excluding carboxylic acids is 2. The molecule has 0 bridgehead atoms. The maximum absolute atomic E-state index is 13.3. The Balaban J connectivity index is 1.58. The highest BCUT2D eigenvalue weighted by Crippen LogP contribution is 2.44. The predicted octanol–water partition coefficient (Wildman–Crippen LogP) is 2.59. The zero-order chi connectivity index (χ0) is 16.7. The lowest BCUT2D eigenvalue weighted by atomic mass is 9.82. The highest BCUT2D eigenvalue weighted by atomic mass is 16.5. The van der Waals surface area contributed by atoms with Gasteiger partial charge in [0, 0.05) is 12.0 Å². The van der Waals surface area contributed by atoms with E-state index in [0.717, 1.165) is 57.8 Å². The van der Waals surface area contributed by atoms with Crippen LogP contribution >= 0.6 is 0 Å². The molecule has 24 heavy (non-hydrogen) atoms. The van der Waals surface area contributed by atoms with Crippen LogP contribution in [0.2, 0.25) is 0 Å². The van der Waals surface area contributed by atoms with Gasteiger partial charge in [-0.15, -0.1) is 0 Å². The molecule has 0 radical (unpaired) electrons. The lowest BCUT2D eigenvalue weighted by Gasteiger charge is -2.44. The summed E-state index contributed by atoms with van der Waals surface area (Å²) in [6.45, 7) is 2.60. The molecule has 1 N–H and O–H groups in total. The van der Waals surface area contributed by atoms with E-state index in [9.17, 15) is 9.59 Å². The van der Waals surface area contributed by atoms with E-state index in [1.54, 1.807) is 0 Å². The molecule has 5 heteroatoms. The summed E-state index contributed by atoms with van der Waals surface area (Å²) in [6, 6.07) is -0.105. The second-order valence-electron chi connectivity index (χ2n) is 8.45. The van der Waals surface area contributed by atoms with Crippen molar-refractivity contribution < 1.29 is 14.3 Å². The maximum Gasteiger partial charge on any atom is 0.245 e. The van der Waals surface area contributed by atoms with Crippen molar-refractivity contribution in [2.24, 2.45) is 11.8 Å². The summed E-state index contributed by atoms with van der Waals surface area (Å²) in [6.07, 6.45) is 10.4. The van der Waals surface area contributed by atoms with E-state index >= 15 is 0 Å². The molecular formula is C19H30N2O3. The SMILES string of the molecule is C[C@H]1CCC[C@]2(C1)OC[C@@H](C(=O)NC1CC1)N2C(=O)C1CCCC1. The average molecular weight is 334 g/mol. The number of amides is 2. The molecule has 4 rings (SSSR count). The first kappa shape index (κ1) is 16.4. The lowest BCUT2D eigenvalue weighted by Crippen LogP contribution is -2.58. The molecule has 3 atom stereocenters. The van der Waals surface area contributed by atoms with E-state index in [1.165, 1.54) is 6.42 Å². The van der Waals surface area contributed by atoms with Crippen LogP contribution in [0.3, 0.4) is 0 Å². The van der Waals surface area contributed by atoms with Crippen molar-refractivity contribution in [2.45, 2.75) is 88.9 Å². The van der Waals surface area contributed by atoms with Gasteiger partial charge in [0.25, 0.3) is 0 Å². The third-order valence-electron chi connectivity index (χ3n) is 6.36. The molecule has 1 heterocycles. The van der Waals surface area contributed by atoms with Gasteiger partial charge < -0.3 is 10.1 Å². The monoisotopic (exact) mass is 334 g/mol. The van der Waals surface area contributed by atoms with Crippen LogP contribution in [0.15, 0.2) is 0 Å². The van der Waals surface area contributed by atoms with Crippen LogP contribution in [-0.2, 0) is 14.3 Å². The van der Waals surface area contributed by atoms with Crippen molar-refractivity contribution >= 4 is 11.8 Å². The van der Waals surface area contributed by atoms with E-state index in [-0.39, 0.29) is 17.7 Å². The number of nitrogens with one attached hydrogen (secondary N) is 1. The standard InChI is InChI=1S/C19H30N2O3/c1-13-5-4-10-19(11-13)21(18(23)14-6-2-3-7-14)16(12-24-19)17(22)20-15-8-9-15/h13-16H,2-12H2,1H3,(H,20,22)/t13-,16-,19+/m0/s1. The first-order valence-electron chi connectivity index (χ1n) is 9.86. The molecule has 1 spiro atoms. The minimum absolute atomic E-state index is 0.000974. The molecular weight excluding hydrogens is 304 g/mol. The van der Waals surface area contributed by atoms with Gasteiger partial charge in [-0.1, -0.05) is 26.2 Å². The van der Waals surface area contributed by atoms with Crippen molar-refractivity contribution in [2.75, 3.05) is 6.61 Å². The first-order valence-corrected chi connectivity index (χ1v) is 9.86. The fourth-order valence-electron chi connectivity index (χ4n) is 4.93. The van der Waals surface area contributed by atoms with Gasteiger partial charge in [0.15, 0.2) is 0 Å². The minimum atomic E-state index is -0.525. The quantitative estimate of drug-likeness (QED) is 0.863. The molecule has 1 saturated heterocycles. The minimum Gasteiger partial charge on any atom is -0.353 e. The predicted molar refractivity (Wildman–Crippen MR) is 90.1 cm³/mol. The number of carbonyl (C=O) groups is 2. The van der Waals surface area contributed by atoms with Crippen LogP contribution in [0, 0.1) is 11.8 Å². The molecule has 3 aliphatic carbocycles. The van der Waals surface area contributed by atoms with Crippen molar-refractivity contribution in [3.05, 3.63) is 0 Å². The van der Waals surface area contributed by atoms with E-state index in [4.69, 9.17) is 4.74 Å². The third-order valence-corrected chi connectivity index (χ3v) is 6.36. The summed E-state index contributed by atoms with van der Waals surface area (Å²) in [5.41, 5.74) is -0.525. The number of nitrogens with zero attached hydrogens (tertiary/aromatic N) is 1. The molecule has 0 aromatic carbocycles. The fourth-order valence-corrected chi connectivity index (χ4v) is 4.93. The Morgan fingerprint density at radius 2 is 1.83 bits per heavy atom. The number of hydrogen-bond acceptors (Lipinski definition) is 3. The third kappa shape index (κ3) is 2.96. The second kappa shape index (κ2) is 6.32. The van der Waals surface area contributed by atoms with Crippen molar-refractivity contribution in [1.82, 2.24) is 10.2 Å². The number of ether oxygens (including phenoxy) is 1. The number of hydrogen-bond donors (Lipinski definition) is 1. The maximum atomic E-state index is 13.3. The van der Waals surface area contributed by atoms with E-state index in [0.29, 0.717) is 18.6 Å². The lowest BCUT2D eigenvalue weighted by molar-refractivity contribution is -0.166. The van der Waals surface area contributed by atoms with Crippen LogP contribution < -0.4 is 5.32 Å². The van der Waals surface area contributed by atoms with Gasteiger partial charge in [-0.25, -0.2) is 0 Å². The Morgan fingerprint density at radius 1 is 1.08 bits per heavy atom. The highest BCUT2D eigenvalue weighted by Gasteiger charge is 2.55. The van der Waals surface area contributed by atoms with Gasteiger partial charge >= 0.3 is 0 Å². The Labute approximate surface area is 144 Å². The van der Waals surface area contributed by atoms with Gasteiger partial charge in [0.2, 0.25) is 11.8 Å². The second-order valence-corrected chi connectivity index (χ2v) is 8.45. The van der Waals surface area contributed by atoms with Gasteiger partial charge in [-0.05, 0) is 50.9 Å². The Morgan fingerprint density at radius 3 is 2.50 bits per heavy atom. The van der Waals surface area contributed by atoms with Crippen LogP contribution in [0.1, 0.15) is 71.1 Å².